The second-order valence-corrected chi connectivity index (χ2v) is 11.6. The van der Waals surface area contributed by atoms with E-state index in [0.29, 0.717) is 36.9 Å². The van der Waals surface area contributed by atoms with Crippen LogP contribution in [-0.4, -0.2) is 40.6 Å². The molecule has 1 aliphatic rings. The highest BCUT2D eigenvalue weighted by molar-refractivity contribution is 14.1. The number of rotatable bonds is 5. The highest BCUT2D eigenvalue weighted by atomic mass is 127. The van der Waals surface area contributed by atoms with Gasteiger partial charge in [0, 0.05) is 10.4 Å². The molecule has 1 N–H and O–H groups in total. The summed E-state index contributed by atoms with van der Waals surface area (Å²) in [7, 11) is -3.84. The molecule has 184 valence electrons. The van der Waals surface area contributed by atoms with E-state index in [0.717, 1.165) is 12.3 Å². The summed E-state index contributed by atoms with van der Waals surface area (Å²) in [6.45, 7) is -0.152. The normalized spacial score (nSPS) is 16.2. The van der Waals surface area contributed by atoms with Gasteiger partial charge < -0.3 is 0 Å². The monoisotopic (exact) mass is 656 g/mol. The van der Waals surface area contributed by atoms with Gasteiger partial charge in [0.1, 0.15) is 3.70 Å². The molecule has 2 aromatic carbocycles. The van der Waals surface area contributed by atoms with E-state index in [1.54, 1.807) is 18.2 Å². The fourth-order valence-electron chi connectivity index (χ4n) is 3.34. The molecule has 0 bridgehead atoms. The number of aromatic nitrogens is 2. The molecule has 0 spiro atoms. The van der Waals surface area contributed by atoms with Gasteiger partial charge in [-0.2, -0.15) is 23.3 Å². The van der Waals surface area contributed by atoms with Gasteiger partial charge in [-0.1, -0.05) is 23.7 Å². The number of alkyl halides is 3. The van der Waals surface area contributed by atoms with Crippen LogP contribution < -0.4 is 4.83 Å². The Labute approximate surface area is 219 Å². The average molecular weight is 657 g/mol. The molecule has 0 aliphatic carbocycles. The Hall–Kier alpha value is -2.14. The van der Waals surface area contributed by atoms with Crippen molar-refractivity contribution in [1.82, 2.24) is 19.6 Å². The van der Waals surface area contributed by atoms with Gasteiger partial charge in [0.2, 0.25) is 10.0 Å². The van der Waals surface area contributed by atoms with Crippen molar-refractivity contribution < 1.29 is 31.2 Å². The van der Waals surface area contributed by atoms with Crippen molar-refractivity contribution in [2.75, 3.05) is 6.26 Å². The molecule has 1 aromatic heterocycles. The molecule has 2 amide bonds. The Kier molecular flexibility index (Phi) is 6.95. The maximum absolute atomic E-state index is 13.5. The van der Waals surface area contributed by atoms with Crippen LogP contribution in [0.4, 0.5) is 18.0 Å². The third-order valence-corrected chi connectivity index (χ3v) is 7.19. The number of hydrogen-bond donors (Lipinski definition) is 1. The van der Waals surface area contributed by atoms with Gasteiger partial charge in [0.15, 0.2) is 0 Å². The van der Waals surface area contributed by atoms with Gasteiger partial charge in [-0.3, -0.25) is 14.3 Å². The van der Waals surface area contributed by atoms with Gasteiger partial charge in [0.05, 0.1) is 28.8 Å². The Morgan fingerprint density at radius 2 is 1.91 bits per heavy atom. The van der Waals surface area contributed by atoms with Gasteiger partial charge in [-0.05, 0) is 75.8 Å². The van der Waals surface area contributed by atoms with Gasteiger partial charge in [-0.25, -0.2) is 8.42 Å². The lowest BCUT2D eigenvalue weighted by atomic mass is 10.1. The van der Waals surface area contributed by atoms with E-state index >= 15 is 0 Å². The minimum Gasteiger partial charge on any atom is -0.266 e. The van der Waals surface area contributed by atoms with E-state index in [1.807, 2.05) is 27.4 Å². The van der Waals surface area contributed by atoms with Crippen LogP contribution in [0.25, 0.3) is 17.0 Å². The second kappa shape index (κ2) is 9.38. The number of hydrazine groups is 1. The summed E-state index contributed by atoms with van der Waals surface area (Å²) in [5.74, 6) is -0.821. The summed E-state index contributed by atoms with van der Waals surface area (Å²) in [6.07, 6.45) is -2.35. The van der Waals surface area contributed by atoms with Crippen LogP contribution in [0.5, 0.6) is 0 Å². The third kappa shape index (κ3) is 5.66. The molecule has 35 heavy (non-hydrogen) atoms. The van der Waals surface area contributed by atoms with Crippen LogP contribution in [0.15, 0.2) is 41.3 Å². The highest BCUT2D eigenvalue weighted by Gasteiger charge is 2.37. The van der Waals surface area contributed by atoms with Crippen LogP contribution in [0, 0.1) is 3.70 Å². The highest BCUT2D eigenvalue weighted by Crippen LogP contribution is 2.35. The molecule has 15 heteroatoms. The zero-order chi connectivity index (χ0) is 25.7. The summed E-state index contributed by atoms with van der Waals surface area (Å²) in [4.78, 5) is 26.3. The zero-order valence-electron chi connectivity index (χ0n) is 17.4. The van der Waals surface area contributed by atoms with Crippen molar-refractivity contribution in [3.05, 3.63) is 66.7 Å². The molecule has 3 aromatic rings. The number of carbonyl (C=O) groups is 2. The van der Waals surface area contributed by atoms with Crippen LogP contribution >= 0.6 is 46.0 Å². The minimum absolute atomic E-state index is 0.00109. The van der Waals surface area contributed by atoms with Crippen molar-refractivity contribution in [3.63, 3.8) is 0 Å². The van der Waals surface area contributed by atoms with Gasteiger partial charge in [-0.15, -0.1) is 4.83 Å². The summed E-state index contributed by atoms with van der Waals surface area (Å²) < 4.78 is 65.2. The van der Waals surface area contributed by atoms with Crippen molar-refractivity contribution in [1.29, 1.82) is 0 Å². The first-order valence-electron chi connectivity index (χ1n) is 9.50. The second-order valence-electron chi connectivity index (χ2n) is 7.40. The zero-order valence-corrected chi connectivity index (χ0v) is 22.0. The lowest BCUT2D eigenvalue weighted by Gasteiger charge is -2.14. The van der Waals surface area contributed by atoms with Crippen LogP contribution in [0.3, 0.4) is 0 Å². The number of nitrogens with zero attached hydrogens (tertiary/aromatic N) is 3. The lowest BCUT2D eigenvalue weighted by molar-refractivity contribution is -0.138. The Morgan fingerprint density at radius 3 is 2.57 bits per heavy atom. The Morgan fingerprint density at radius 1 is 1.20 bits per heavy atom. The Balaban J connectivity index is 1.67. The predicted molar refractivity (Wildman–Crippen MR) is 134 cm³/mol. The number of sulfonamides is 1. The number of carbonyl (C=O) groups excluding carboxylic acids is 2. The summed E-state index contributed by atoms with van der Waals surface area (Å²) in [6, 6.07) is 8.48. The number of nitrogens with one attached hydrogen (secondary N) is 1. The van der Waals surface area contributed by atoms with Crippen LogP contribution in [-0.2, 0) is 27.5 Å². The maximum Gasteiger partial charge on any atom is 0.416 e. The minimum atomic E-state index is -4.58. The molecular weight excluding hydrogens is 644 g/mol. The number of halogens is 5. The molecule has 1 fully saturated rings. The fourth-order valence-corrected chi connectivity index (χ4v) is 5.54. The molecule has 0 atom stereocenters. The summed E-state index contributed by atoms with van der Waals surface area (Å²) in [5, 5.41) is 4.57. The standard InChI is InChI=1S/C20H13ClF3IN4O4S2/c1-35(32,33)27-29-18(30)16(34-19(29)31)7-10-2-5-15-13(6-10)17(25)26-28(15)9-11-3-4-12(21)8-14(11)20(22,23)24/h2-8,27H,9H2,1H3. The first-order valence-corrected chi connectivity index (χ1v) is 13.7. The van der Waals surface area contributed by atoms with Crippen molar-refractivity contribution in [3.8, 4) is 0 Å². The molecule has 0 saturated carbocycles. The number of benzene rings is 2. The van der Waals surface area contributed by atoms with Gasteiger partial charge in [0.25, 0.3) is 5.91 Å². The first-order chi connectivity index (χ1) is 16.2. The maximum atomic E-state index is 13.5. The van der Waals surface area contributed by atoms with Gasteiger partial charge >= 0.3 is 11.4 Å². The van der Waals surface area contributed by atoms with Crippen LogP contribution in [0.2, 0.25) is 5.02 Å². The molecule has 0 radical (unpaired) electrons. The molecule has 1 saturated heterocycles. The molecular formula is C20H13ClF3IN4O4S2. The summed E-state index contributed by atoms with van der Waals surface area (Å²) in [5.41, 5.74) is 0.223. The topological polar surface area (TPSA) is 101 Å². The molecule has 0 unspecified atom stereocenters. The van der Waals surface area contributed by atoms with E-state index in [2.05, 4.69) is 5.10 Å². The largest absolute Gasteiger partial charge is 0.416 e. The quantitative estimate of drug-likeness (QED) is 0.311. The summed E-state index contributed by atoms with van der Waals surface area (Å²) >= 11 is 8.28. The number of thioether (sulfide) groups is 1. The van der Waals surface area contributed by atoms with Crippen molar-refractivity contribution >= 4 is 84.1 Å². The van der Waals surface area contributed by atoms with Crippen molar-refractivity contribution in [2.24, 2.45) is 0 Å². The van der Waals surface area contributed by atoms with Crippen LogP contribution in [0.1, 0.15) is 16.7 Å². The van der Waals surface area contributed by atoms with E-state index in [4.69, 9.17) is 11.6 Å². The van der Waals surface area contributed by atoms with Crippen molar-refractivity contribution in [2.45, 2.75) is 12.7 Å². The third-order valence-electron chi connectivity index (χ3n) is 4.78. The Bertz CT molecular complexity index is 1520. The smallest absolute Gasteiger partial charge is 0.266 e. The van der Waals surface area contributed by atoms with E-state index in [1.165, 1.54) is 22.9 Å². The van der Waals surface area contributed by atoms with E-state index < -0.39 is 32.9 Å². The molecule has 4 rings (SSSR count). The molecule has 2 heterocycles. The SMILES string of the molecule is CS(=O)(=O)NN1C(=O)SC(=Cc2ccc3c(c2)c(I)nn3Cc2ccc(Cl)cc2C(F)(F)F)C1=O. The predicted octanol–water partition coefficient (Wildman–Crippen LogP) is 4.86. The average Bonchev–Trinajstić information content (AvgIpc) is 3.18. The number of imide groups is 1. The lowest BCUT2D eigenvalue weighted by Crippen LogP contribution is -2.44. The number of fused-ring (bicyclic) bond motifs is 1. The molecule has 8 nitrogen and oxygen atoms in total. The molecule has 1 aliphatic heterocycles. The first kappa shape index (κ1) is 25.9. The van der Waals surface area contributed by atoms with E-state index in [9.17, 15) is 31.2 Å². The van der Waals surface area contributed by atoms with E-state index in [-0.39, 0.29) is 22.0 Å². The fraction of sp³-hybridized carbons (Fsp3) is 0.150. The number of amides is 2. The number of hydrogen-bond acceptors (Lipinski definition) is 6.